The molecule has 0 aliphatic carbocycles. The molecule has 0 fully saturated rings. The lowest BCUT2D eigenvalue weighted by atomic mass is 9.98. The van der Waals surface area contributed by atoms with Gasteiger partial charge in [0.1, 0.15) is 5.84 Å². The second-order valence-corrected chi connectivity index (χ2v) is 5.10. The summed E-state index contributed by atoms with van der Waals surface area (Å²) in [4.78, 5) is 0. The van der Waals surface area contributed by atoms with Crippen molar-refractivity contribution in [2.45, 2.75) is 39.7 Å². The Kier molecular flexibility index (Phi) is 4.23. The van der Waals surface area contributed by atoms with Gasteiger partial charge < -0.3 is 5.73 Å². The topological polar surface area (TPSA) is 67.7 Å². The van der Waals surface area contributed by atoms with Gasteiger partial charge in [-0.2, -0.15) is 5.10 Å². The van der Waals surface area contributed by atoms with Crippen LogP contribution in [0.1, 0.15) is 35.4 Å². The van der Waals surface area contributed by atoms with Crippen molar-refractivity contribution in [3.63, 3.8) is 0 Å². The van der Waals surface area contributed by atoms with Gasteiger partial charge in [0.15, 0.2) is 0 Å². The van der Waals surface area contributed by atoms with Gasteiger partial charge in [0, 0.05) is 5.69 Å². The Morgan fingerprint density at radius 3 is 2.45 bits per heavy atom. The number of nitrogens with zero attached hydrogens (tertiary/aromatic N) is 2. The zero-order chi connectivity index (χ0) is 14.7. The number of nitrogens with two attached hydrogens (primary N) is 1. The fourth-order valence-corrected chi connectivity index (χ4v) is 2.67. The van der Waals surface area contributed by atoms with E-state index in [1.165, 1.54) is 11.3 Å². The van der Waals surface area contributed by atoms with Crippen molar-refractivity contribution in [3.05, 3.63) is 52.8 Å². The van der Waals surface area contributed by atoms with Gasteiger partial charge in [0.25, 0.3) is 0 Å². The first-order chi connectivity index (χ1) is 9.54. The first-order valence-corrected chi connectivity index (χ1v) is 6.96. The number of hydrogen-bond acceptors (Lipinski definition) is 2. The minimum absolute atomic E-state index is 0.126. The molecule has 0 spiro atoms. The van der Waals surface area contributed by atoms with E-state index in [1.807, 2.05) is 41.9 Å². The van der Waals surface area contributed by atoms with Crippen LogP contribution in [0.3, 0.4) is 0 Å². The predicted molar refractivity (Wildman–Crippen MR) is 82.2 cm³/mol. The molecule has 2 rings (SSSR count). The molecule has 4 nitrogen and oxygen atoms in total. The summed E-state index contributed by atoms with van der Waals surface area (Å²) in [6.45, 7) is 6.88. The number of rotatable bonds is 5. The Bertz CT molecular complexity index is 598. The van der Waals surface area contributed by atoms with Crippen molar-refractivity contribution in [2.75, 3.05) is 0 Å². The quantitative estimate of drug-likeness (QED) is 0.648. The minimum atomic E-state index is -0.126. The summed E-state index contributed by atoms with van der Waals surface area (Å²) in [6.07, 6.45) is 0.980. The van der Waals surface area contributed by atoms with E-state index >= 15 is 0 Å². The molecule has 1 unspecified atom stereocenters. The molecule has 1 heterocycles. The van der Waals surface area contributed by atoms with E-state index in [4.69, 9.17) is 11.1 Å². The van der Waals surface area contributed by atoms with E-state index in [0.717, 1.165) is 17.7 Å². The number of nitrogens with one attached hydrogen (secondary N) is 1. The zero-order valence-corrected chi connectivity index (χ0v) is 12.4. The van der Waals surface area contributed by atoms with Gasteiger partial charge >= 0.3 is 0 Å². The maximum atomic E-state index is 7.85. The summed E-state index contributed by atoms with van der Waals surface area (Å²) >= 11 is 0. The first-order valence-electron chi connectivity index (χ1n) is 6.96. The normalized spacial score (nSPS) is 12.3. The molecule has 0 aliphatic heterocycles. The van der Waals surface area contributed by atoms with Gasteiger partial charge in [-0.05, 0) is 31.4 Å². The Balaban J connectivity index is 2.33. The summed E-state index contributed by atoms with van der Waals surface area (Å²) in [7, 11) is 0. The fraction of sp³-hybridized carbons (Fsp3) is 0.375. The lowest BCUT2D eigenvalue weighted by Gasteiger charge is -2.17. The highest BCUT2D eigenvalue weighted by Gasteiger charge is 2.18. The molecule has 0 bridgehead atoms. The molecule has 4 heteroatoms. The molecular formula is C16H22N4. The Morgan fingerprint density at radius 2 is 1.95 bits per heavy atom. The monoisotopic (exact) mass is 270 g/mol. The van der Waals surface area contributed by atoms with E-state index in [2.05, 4.69) is 18.9 Å². The summed E-state index contributed by atoms with van der Waals surface area (Å²) < 4.78 is 1.98. The molecule has 0 radical (unpaired) electrons. The van der Waals surface area contributed by atoms with Crippen molar-refractivity contribution in [1.29, 1.82) is 5.41 Å². The highest BCUT2D eigenvalue weighted by molar-refractivity contribution is 5.84. The third-order valence-corrected chi connectivity index (χ3v) is 3.82. The van der Waals surface area contributed by atoms with Crippen LogP contribution in [0.25, 0.3) is 0 Å². The third-order valence-electron chi connectivity index (χ3n) is 3.82. The lowest BCUT2D eigenvalue weighted by molar-refractivity contribution is 0.567. The summed E-state index contributed by atoms with van der Waals surface area (Å²) in [5.41, 5.74) is 10.4. The van der Waals surface area contributed by atoms with Gasteiger partial charge in [-0.1, -0.05) is 37.3 Å². The van der Waals surface area contributed by atoms with Crippen molar-refractivity contribution < 1.29 is 0 Å². The molecule has 0 saturated carbocycles. The molecule has 0 aliphatic rings. The number of amidine groups is 1. The van der Waals surface area contributed by atoms with Gasteiger partial charge in [0.2, 0.25) is 0 Å². The smallest absolute Gasteiger partial charge is 0.100 e. The molecule has 1 aromatic carbocycles. The zero-order valence-electron chi connectivity index (χ0n) is 12.4. The molecule has 1 atom stereocenters. The average molecular weight is 270 g/mol. The van der Waals surface area contributed by atoms with Gasteiger partial charge in [-0.25, -0.2) is 0 Å². The van der Waals surface area contributed by atoms with Crippen LogP contribution in [0.2, 0.25) is 0 Å². The molecule has 0 amide bonds. The van der Waals surface area contributed by atoms with Crippen molar-refractivity contribution >= 4 is 5.84 Å². The standard InChI is InChI=1S/C16H22N4/c1-4-14-11(2)19-20(12(14)3)10-15(16(17)18)13-8-6-5-7-9-13/h5-9,15H,4,10H2,1-3H3,(H3,17,18). The van der Waals surface area contributed by atoms with Crippen LogP contribution in [0, 0.1) is 19.3 Å². The van der Waals surface area contributed by atoms with E-state index in [0.29, 0.717) is 6.54 Å². The van der Waals surface area contributed by atoms with Crippen LogP contribution in [0.15, 0.2) is 30.3 Å². The van der Waals surface area contributed by atoms with Crippen LogP contribution in [-0.4, -0.2) is 15.6 Å². The predicted octanol–water partition coefficient (Wildman–Crippen LogP) is 2.78. The van der Waals surface area contributed by atoms with Crippen molar-refractivity contribution in [2.24, 2.45) is 5.73 Å². The summed E-state index contributed by atoms with van der Waals surface area (Å²) in [5, 5.41) is 12.4. The number of benzene rings is 1. The van der Waals surface area contributed by atoms with E-state index in [1.54, 1.807) is 0 Å². The first kappa shape index (κ1) is 14.3. The van der Waals surface area contributed by atoms with Crippen molar-refractivity contribution in [1.82, 2.24) is 9.78 Å². The molecule has 0 saturated heterocycles. The van der Waals surface area contributed by atoms with Crippen LogP contribution in [0.4, 0.5) is 0 Å². The minimum Gasteiger partial charge on any atom is -0.387 e. The Hall–Kier alpha value is -2.10. The van der Waals surface area contributed by atoms with Gasteiger partial charge in [0.05, 0.1) is 18.2 Å². The van der Waals surface area contributed by atoms with E-state index < -0.39 is 0 Å². The molecular weight excluding hydrogens is 248 g/mol. The maximum absolute atomic E-state index is 7.85. The summed E-state index contributed by atoms with van der Waals surface area (Å²) in [6, 6.07) is 9.95. The van der Waals surface area contributed by atoms with Crippen molar-refractivity contribution in [3.8, 4) is 0 Å². The second-order valence-electron chi connectivity index (χ2n) is 5.10. The largest absolute Gasteiger partial charge is 0.387 e. The van der Waals surface area contributed by atoms with Crippen LogP contribution in [-0.2, 0) is 13.0 Å². The van der Waals surface area contributed by atoms with E-state index in [9.17, 15) is 0 Å². The fourth-order valence-electron chi connectivity index (χ4n) is 2.67. The van der Waals surface area contributed by atoms with Crippen LogP contribution >= 0.6 is 0 Å². The highest BCUT2D eigenvalue weighted by atomic mass is 15.3. The Labute approximate surface area is 120 Å². The lowest BCUT2D eigenvalue weighted by Crippen LogP contribution is -2.25. The SMILES string of the molecule is CCc1c(C)nn(CC(C(=N)N)c2ccccc2)c1C. The summed E-state index contributed by atoms with van der Waals surface area (Å²) in [5.74, 6) is 0.0562. The Morgan fingerprint density at radius 1 is 1.30 bits per heavy atom. The second kappa shape index (κ2) is 5.90. The molecule has 1 aromatic heterocycles. The molecule has 20 heavy (non-hydrogen) atoms. The van der Waals surface area contributed by atoms with Gasteiger partial charge in [-0.15, -0.1) is 0 Å². The number of hydrogen-bond donors (Lipinski definition) is 2. The molecule has 3 N–H and O–H groups in total. The van der Waals surface area contributed by atoms with Gasteiger partial charge in [-0.3, -0.25) is 10.1 Å². The van der Waals surface area contributed by atoms with Crippen LogP contribution < -0.4 is 5.73 Å². The van der Waals surface area contributed by atoms with Crippen LogP contribution in [0.5, 0.6) is 0 Å². The average Bonchev–Trinajstić information content (AvgIpc) is 2.70. The van der Waals surface area contributed by atoms with E-state index in [-0.39, 0.29) is 11.8 Å². The maximum Gasteiger partial charge on any atom is 0.100 e. The molecule has 2 aromatic rings. The number of aromatic nitrogens is 2. The highest BCUT2D eigenvalue weighted by Crippen LogP contribution is 2.21. The third kappa shape index (κ3) is 2.74. The molecule has 106 valence electrons. The number of aryl methyl sites for hydroxylation is 1.